The van der Waals surface area contributed by atoms with E-state index in [1.54, 1.807) is 6.07 Å². The highest BCUT2D eigenvalue weighted by Crippen LogP contribution is 2.27. The molecule has 0 radical (unpaired) electrons. The van der Waals surface area contributed by atoms with Crippen LogP contribution in [0, 0.1) is 5.82 Å². The predicted octanol–water partition coefficient (Wildman–Crippen LogP) is 1.83. The number of halogens is 2. The second kappa shape index (κ2) is 5.92. The number of hydrogen-bond donors (Lipinski definition) is 2. The zero-order valence-electron chi connectivity index (χ0n) is 10.1. The number of ether oxygens (including phenoxy) is 1. The Balaban J connectivity index is 2.46. The third kappa shape index (κ3) is 2.81. The van der Waals surface area contributed by atoms with E-state index in [9.17, 15) is 4.39 Å². The molecule has 1 unspecified atom stereocenters. The van der Waals surface area contributed by atoms with Gasteiger partial charge in [-0.25, -0.2) is 14.8 Å². The van der Waals surface area contributed by atoms with Crippen LogP contribution in [0.4, 0.5) is 4.39 Å². The Morgan fingerprint density at radius 1 is 1.37 bits per heavy atom. The van der Waals surface area contributed by atoms with E-state index in [0.717, 1.165) is 0 Å². The van der Waals surface area contributed by atoms with Crippen molar-refractivity contribution in [2.75, 3.05) is 7.11 Å². The number of nitrogens with zero attached hydrogens (tertiary/aromatic N) is 2. The molecular formula is C12H12ClFN4O. The molecule has 0 aliphatic heterocycles. The summed E-state index contributed by atoms with van der Waals surface area (Å²) >= 11 is 5.65. The van der Waals surface area contributed by atoms with Crippen LogP contribution in [0.25, 0.3) is 0 Å². The Bertz CT molecular complexity index is 581. The number of nitrogens with one attached hydrogen (secondary N) is 1. The molecule has 0 bridgehead atoms. The second-order valence-corrected chi connectivity index (χ2v) is 4.13. The average molecular weight is 283 g/mol. The molecule has 0 saturated carbocycles. The summed E-state index contributed by atoms with van der Waals surface area (Å²) in [6.45, 7) is 0. The molecule has 0 saturated heterocycles. The third-order valence-electron chi connectivity index (χ3n) is 2.60. The van der Waals surface area contributed by atoms with Crippen molar-refractivity contribution in [2.45, 2.75) is 6.04 Å². The van der Waals surface area contributed by atoms with Crippen molar-refractivity contribution in [1.82, 2.24) is 15.4 Å². The topological polar surface area (TPSA) is 73.1 Å². The first-order valence-corrected chi connectivity index (χ1v) is 5.81. The largest absolute Gasteiger partial charge is 0.480 e. The molecular weight excluding hydrogens is 271 g/mol. The quantitative estimate of drug-likeness (QED) is 0.661. The van der Waals surface area contributed by atoms with Gasteiger partial charge in [0.2, 0.25) is 5.88 Å². The first-order chi connectivity index (χ1) is 9.17. The number of aromatic nitrogens is 2. The van der Waals surface area contributed by atoms with Gasteiger partial charge in [0.1, 0.15) is 11.5 Å². The Hall–Kier alpha value is -1.76. The van der Waals surface area contributed by atoms with E-state index in [1.807, 2.05) is 0 Å². The van der Waals surface area contributed by atoms with Gasteiger partial charge in [0.15, 0.2) is 0 Å². The van der Waals surface area contributed by atoms with Gasteiger partial charge in [0, 0.05) is 12.4 Å². The zero-order chi connectivity index (χ0) is 13.8. The van der Waals surface area contributed by atoms with Gasteiger partial charge in [0.05, 0.1) is 18.2 Å². The minimum absolute atomic E-state index is 0.0469. The molecule has 0 aliphatic rings. The first kappa shape index (κ1) is 13.7. The van der Waals surface area contributed by atoms with Crippen molar-refractivity contribution in [3.05, 3.63) is 52.7 Å². The smallest absolute Gasteiger partial charge is 0.237 e. The molecule has 0 fully saturated rings. The molecule has 5 nitrogen and oxygen atoms in total. The molecule has 1 aromatic carbocycles. The maximum atomic E-state index is 13.5. The van der Waals surface area contributed by atoms with Crippen molar-refractivity contribution in [2.24, 2.45) is 5.84 Å². The highest BCUT2D eigenvalue weighted by Gasteiger charge is 2.20. The fraction of sp³-hybridized carbons (Fsp3) is 0.167. The zero-order valence-corrected chi connectivity index (χ0v) is 10.9. The van der Waals surface area contributed by atoms with Crippen molar-refractivity contribution >= 4 is 11.6 Å². The molecule has 1 atom stereocenters. The Morgan fingerprint density at radius 2 is 2.11 bits per heavy atom. The van der Waals surface area contributed by atoms with Crippen molar-refractivity contribution in [3.8, 4) is 5.88 Å². The van der Waals surface area contributed by atoms with Gasteiger partial charge in [-0.3, -0.25) is 10.8 Å². The van der Waals surface area contributed by atoms with Gasteiger partial charge in [-0.05, 0) is 17.7 Å². The van der Waals surface area contributed by atoms with E-state index in [1.165, 1.54) is 31.6 Å². The monoisotopic (exact) mass is 282 g/mol. The van der Waals surface area contributed by atoms with Crippen molar-refractivity contribution in [1.29, 1.82) is 0 Å². The van der Waals surface area contributed by atoms with Gasteiger partial charge in [-0.1, -0.05) is 17.7 Å². The molecule has 2 rings (SSSR count). The van der Waals surface area contributed by atoms with Crippen LogP contribution >= 0.6 is 11.6 Å². The van der Waals surface area contributed by atoms with Crippen molar-refractivity contribution < 1.29 is 9.13 Å². The van der Waals surface area contributed by atoms with Crippen LogP contribution in [-0.2, 0) is 0 Å². The molecule has 0 amide bonds. The van der Waals surface area contributed by atoms with Crippen LogP contribution in [0.3, 0.4) is 0 Å². The molecule has 2 aromatic rings. The summed E-state index contributed by atoms with van der Waals surface area (Å²) in [6, 6.07) is 3.86. The number of hydrogen-bond acceptors (Lipinski definition) is 5. The summed E-state index contributed by atoms with van der Waals surface area (Å²) in [7, 11) is 1.48. The Kier molecular flexibility index (Phi) is 4.26. The first-order valence-electron chi connectivity index (χ1n) is 5.43. The predicted molar refractivity (Wildman–Crippen MR) is 69.2 cm³/mol. The summed E-state index contributed by atoms with van der Waals surface area (Å²) in [5.74, 6) is 5.31. The van der Waals surface area contributed by atoms with Gasteiger partial charge in [0.25, 0.3) is 0 Å². The number of rotatable bonds is 4. The Labute approximate surface area is 114 Å². The van der Waals surface area contributed by atoms with Gasteiger partial charge in [-0.15, -0.1) is 0 Å². The molecule has 7 heteroatoms. The lowest BCUT2D eigenvalue weighted by atomic mass is 10.0. The number of hydrazine groups is 1. The summed E-state index contributed by atoms with van der Waals surface area (Å²) in [5, 5.41) is 0.0469. The number of benzene rings is 1. The highest BCUT2D eigenvalue weighted by atomic mass is 35.5. The normalized spacial score (nSPS) is 12.2. The van der Waals surface area contributed by atoms with Gasteiger partial charge >= 0.3 is 0 Å². The average Bonchev–Trinajstić information content (AvgIpc) is 2.44. The van der Waals surface area contributed by atoms with Crippen LogP contribution in [-0.4, -0.2) is 17.1 Å². The Morgan fingerprint density at radius 3 is 2.74 bits per heavy atom. The van der Waals surface area contributed by atoms with Crippen molar-refractivity contribution in [3.63, 3.8) is 0 Å². The SMILES string of the molecule is COc1nccnc1C(NN)c1ccc(Cl)c(F)c1. The van der Waals surface area contributed by atoms with E-state index >= 15 is 0 Å². The highest BCUT2D eigenvalue weighted by molar-refractivity contribution is 6.30. The van der Waals surface area contributed by atoms with Crippen LogP contribution in [0.2, 0.25) is 5.02 Å². The lowest BCUT2D eigenvalue weighted by molar-refractivity contribution is 0.383. The van der Waals surface area contributed by atoms with Gasteiger partial charge < -0.3 is 4.74 Å². The van der Waals surface area contributed by atoms with Gasteiger partial charge in [-0.2, -0.15) is 0 Å². The molecule has 100 valence electrons. The molecule has 0 spiro atoms. The van der Waals surface area contributed by atoms with E-state index in [4.69, 9.17) is 22.2 Å². The standard InChI is InChI=1S/C12H12ClFN4O/c1-19-12-11(16-4-5-17-12)10(18-15)7-2-3-8(13)9(14)6-7/h2-6,10,18H,15H2,1H3. The van der Waals surface area contributed by atoms with Crippen LogP contribution < -0.4 is 16.0 Å². The van der Waals surface area contributed by atoms with Crippen LogP contribution in [0.15, 0.2) is 30.6 Å². The molecule has 1 aromatic heterocycles. The summed E-state index contributed by atoms with van der Waals surface area (Å²) in [4.78, 5) is 8.20. The summed E-state index contributed by atoms with van der Waals surface area (Å²) in [6.07, 6.45) is 3.01. The fourth-order valence-electron chi connectivity index (χ4n) is 1.72. The second-order valence-electron chi connectivity index (χ2n) is 3.72. The van der Waals surface area contributed by atoms with Crippen LogP contribution in [0.1, 0.15) is 17.3 Å². The maximum absolute atomic E-state index is 13.5. The van der Waals surface area contributed by atoms with E-state index < -0.39 is 11.9 Å². The van der Waals surface area contributed by atoms with E-state index in [-0.39, 0.29) is 5.02 Å². The minimum Gasteiger partial charge on any atom is -0.480 e. The van der Waals surface area contributed by atoms with E-state index in [0.29, 0.717) is 17.1 Å². The van der Waals surface area contributed by atoms with Crippen LogP contribution in [0.5, 0.6) is 5.88 Å². The molecule has 1 heterocycles. The minimum atomic E-state index is -0.546. The molecule has 0 aliphatic carbocycles. The summed E-state index contributed by atoms with van der Waals surface area (Å²) < 4.78 is 18.6. The molecule has 3 N–H and O–H groups in total. The molecule has 19 heavy (non-hydrogen) atoms. The number of nitrogens with two attached hydrogens (primary N) is 1. The third-order valence-corrected chi connectivity index (χ3v) is 2.91. The van der Waals surface area contributed by atoms with E-state index in [2.05, 4.69) is 15.4 Å². The summed E-state index contributed by atoms with van der Waals surface area (Å²) in [5.41, 5.74) is 3.60. The fourth-order valence-corrected chi connectivity index (χ4v) is 1.83. The number of methoxy groups -OCH3 is 1. The maximum Gasteiger partial charge on any atom is 0.237 e. The lowest BCUT2D eigenvalue weighted by Gasteiger charge is -2.17. The lowest BCUT2D eigenvalue weighted by Crippen LogP contribution is -2.30.